The zero-order valence-electron chi connectivity index (χ0n) is 17.8. The summed E-state index contributed by atoms with van der Waals surface area (Å²) in [5, 5.41) is 5.65. The number of likely N-dealkylation sites (tertiary alicyclic amines) is 1. The first-order chi connectivity index (χ1) is 14.7. The van der Waals surface area contributed by atoms with Crippen molar-refractivity contribution in [2.45, 2.75) is 57.9 Å². The average Bonchev–Trinajstić information content (AvgIpc) is 3.18. The molecule has 0 unspecified atom stereocenters. The molecule has 2 aliphatic rings. The summed E-state index contributed by atoms with van der Waals surface area (Å²) in [6.07, 6.45) is 14.3. The van der Waals surface area contributed by atoms with Crippen LogP contribution in [0.5, 0.6) is 0 Å². The second-order valence-electron chi connectivity index (χ2n) is 8.92. The van der Waals surface area contributed by atoms with Crippen molar-refractivity contribution >= 4 is 28.7 Å². The molecule has 0 radical (unpaired) electrons. The van der Waals surface area contributed by atoms with Gasteiger partial charge < -0.3 is 15.2 Å². The number of hydrogen-bond acceptors (Lipinski definition) is 3. The molecule has 2 fully saturated rings. The first kappa shape index (κ1) is 20.6. The Morgan fingerprint density at radius 1 is 1.13 bits per heavy atom. The summed E-state index contributed by atoms with van der Waals surface area (Å²) in [6, 6.07) is 6.16. The van der Waals surface area contributed by atoms with Crippen molar-refractivity contribution < 1.29 is 10.2 Å². The predicted octanol–water partition coefficient (Wildman–Crippen LogP) is 2.37. The number of carbonyl (C=O) groups is 1. The SMILES string of the molecule is N/C=C(\C=[NH2+])c1ccc2c(c1)ncn2CC1CCN(C(=O)CC2CCCCC2)CC1. The van der Waals surface area contributed by atoms with Gasteiger partial charge in [0, 0.05) is 32.3 Å². The van der Waals surface area contributed by atoms with E-state index in [1.165, 1.54) is 44.5 Å². The maximum absolute atomic E-state index is 12.7. The van der Waals surface area contributed by atoms with Crippen molar-refractivity contribution in [3.63, 3.8) is 0 Å². The van der Waals surface area contributed by atoms with Gasteiger partial charge in [-0.25, -0.2) is 4.98 Å². The largest absolute Gasteiger partial charge is 0.404 e. The van der Waals surface area contributed by atoms with Gasteiger partial charge >= 0.3 is 0 Å². The maximum Gasteiger partial charge on any atom is 0.222 e. The van der Waals surface area contributed by atoms with Crippen molar-refractivity contribution in [1.82, 2.24) is 14.5 Å². The smallest absolute Gasteiger partial charge is 0.222 e. The number of piperidine rings is 1. The zero-order chi connectivity index (χ0) is 20.9. The first-order valence-electron chi connectivity index (χ1n) is 11.4. The zero-order valence-corrected chi connectivity index (χ0v) is 17.8. The van der Waals surface area contributed by atoms with E-state index in [0.29, 0.717) is 17.7 Å². The summed E-state index contributed by atoms with van der Waals surface area (Å²) < 4.78 is 2.24. The van der Waals surface area contributed by atoms with Crippen LogP contribution in [0.4, 0.5) is 0 Å². The van der Waals surface area contributed by atoms with Gasteiger partial charge in [0.25, 0.3) is 0 Å². The standard InChI is InChI=1S/C24H33N5O/c25-14-21(15-26)20-6-7-23-22(13-20)27-17-29(23)16-19-8-10-28(11-9-19)24(30)12-18-4-2-1-3-5-18/h6-7,13-15,17-19,25H,1-5,8-12,16,26H2/p+1/b21-15+,25-14?. The molecule has 6 nitrogen and oxygen atoms in total. The number of carbonyl (C=O) groups excluding carboxylic acids is 1. The van der Waals surface area contributed by atoms with E-state index >= 15 is 0 Å². The van der Waals surface area contributed by atoms with E-state index in [2.05, 4.69) is 20.5 Å². The topological polar surface area (TPSA) is 89.7 Å². The van der Waals surface area contributed by atoms with Crippen LogP contribution in [0, 0.1) is 11.8 Å². The summed E-state index contributed by atoms with van der Waals surface area (Å²) >= 11 is 0. The molecule has 1 aliphatic heterocycles. The number of allylic oxidation sites excluding steroid dienone is 1. The summed E-state index contributed by atoms with van der Waals surface area (Å²) in [5.74, 6) is 1.58. The Kier molecular flexibility index (Phi) is 6.50. The molecule has 4 rings (SSSR count). The van der Waals surface area contributed by atoms with Crippen LogP contribution in [0.15, 0.2) is 30.7 Å². The Morgan fingerprint density at radius 2 is 1.90 bits per heavy atom. The minimum absolute atomic E-state index is 0.376. The van der Waals surface area contributed by atoms with Crippen LogP contribution in [0.25, 0.3) is 16.6 Å². The monoisotopic (exact) mass is 408 g/mol. The maximum atomic E-state index is 12.7. The fourth-order valence-corrected chi connectivity index (χ4v) is 5.05. The van der Waals surface area contributed by atoms with E-state index in [1.807, 2.05) is 18.5 Å². The third-order valence-electron chi connectivity index (χ3n) is 6.92. The van der Waals surface area contributed by atoms with Gasteiger partial charge in [-0.2, -0.15) is 0 Å². The fraction of sp³-hybridized carbons (Fsp3) is 0.542. The van der Waals surface area contributed by atoms with E-state index < -0.39 is 0 Å². The number of fused-ring (bicyclic) bond motifs is 1. The van der Waals surface area contributed by atoms with Crippen LogP contribution in [0.3, 0.4) is 0 Å². The molecule has 6 heteroatoms. The van der Waals surface area contributed by atoms with Gasteiger partial charge in [0.05, 0.1) is 22.9 Å². The van der Waals surface area contributed by atoms with Crippen LogP contribution in [-0.2, 0) is 11.3 Å². The van der Waals surface area contributed by atoms with Crippen LogP contribution in [0.2, 0.25) is 0 Å². The number of hydrogen-bond donors (Lipinski definition) is 2. The summed E-state index contributed by atoms with van der Waals surface area (Å²) in [7, 11) is 0. The lowest BCUT2D eigenvalue weighted by Gasteiger charge is -2.33. The molecule has 0 atom stereocenters. The van der Waals surface area contributed by atoms with Crippen molar-refractivity contribution in [1.29, 1.82) is 0 Å². The molecular weight excluding hydrogens is 374 g/mol. The number of imidazole rings is 1. The molecule has 1 aromatic heterocycles. The van der Waals surface area contributed by atoms with Gasteiger partial charge in [-0.1, -0.05) is 25.3 Å². The number of nitrogens with two attached hydrogens (primary N) is 2. The number of aromatic nitrogens is 2. The van der Waals surface area contributed by atoms with Crippen molar-refractivity contribution in [2.75, 3.05) is 13.1 Å². The van der Waals surface area contributed by atoms with Crippen molar-refractivity contribution in [3.8, 4) is 0 Å². The van der Waals surface area contributed by atoms with E-state index in [4.69, 9.17) is 11.1 Å². The second-order valence-corrected chi connectivity index (χ2v) is 8.92. The van der Waals surface area contributed by atoms with Crippen molar-refractivity contribution in [2.24, 2.45) is 17.6 Å². The quantitative estimate of drug-likeness (QED) is 0.719. The first-order valence-corrected chi connectivity index (χ1v) is 11.4. The van der Waals surface area contributed by atoms with E-state index in [0.717, 1.165) is 61.1 Å². The highest BCUT2D eigenvalue weighted by Crippen LogP contribution is 2.28. The average molecular weight is 409 g/mol. The van der Waals surface area contributed by atoms with Gasteiger partial charge in [-0.3, -0.25) is 10.2 Å². The molecule has 1 aromatic carbocycles. The van der Waals surface area contributed by atoms with E-state index in [9.17, 15) is 4.79 Å². The lowest BCUT2D eigenvalue weighted by molar-refractivity contribution is -0.133. The Morgan fingerprint density at radius 3 is 2.60 bits per heavy atom. The summed E-state index contributed by atoms with van der Waals surface area (Å²) in [6.45, 7) is 2.73. The lowest BCUT2D eigenvalue weighted by atomic mass is 9.86. The Labute approximate surface area is 178 Å². The van der Waals surface area contributed by atoms with Crippen LogP contribution < -0.4 is 11.1 Å². The molecule has 2 heterocycles. The number of amides is 1. The molecule has 30 heavy (non-hydrogen) atoms. The highest BCUT2D eigenvalue weighted by molar-refractivity contribution is 6.07. The molecule has 1 amide bonds. The van der Waals surface area contributed by atoms with Crippen molar-refractivity contribution in [3.05, 3.63) is 36.3 Å². The molecule has 1 aliphatic carbocycles. The molecule has 0 spiro atoms. The van der Waals surface area contributed by atoms with Crippen LogP contribution in [0.1, 0.15) is 56.9 Å². The highest BCUT2D eigenvalue weighted by atomic mass is 16.2. The fourth-order valence-electron chi connectivity index (χ4n) is 5.05. The van der Waals surface area contributed by atoms with Crippen LogP contribution in [-0.4, -0.2) is 39.7 Å². The highest BCUT2D eigenvalue weighted by Gasteiger charge is 2.26. The lowest BCUT2D eigenvalue weighted by Crippen LogP contribution is -2.40. The molecule has 2 aromatic rings. The van der Waals surface area contributed by atoms with E-state index in [-0.39, 0.29) is 0 Å². The van der Waals surface area contributed by atoms with Gasteiger partial charge in [0.15, 0.2) is 6.21 Å². The molecule has 1 saturated carbocycles. The number of nitrogens with zero attached hydrogens (tertiary/aromatic N) is 3. The van der Waals surface area contributed by atoms with Crippen LogP contribution >= 0.6 is 0 Å². The molecule has 1 saturated heterocycles. The van der Waals surface area contributed by atoms with Gasteiger partial charge in [-0.05, 0) is 55.2 Å². The second kappa shape index (κ2) is 9.45. The molecule has 160 valence electrons. The minimum atomic E-state index is 0.376. The molecule has 4 N–H and O–H groups in total. The van der Waals surface area contributed by atoms with Gasteiger partial charge in [-0.15, -0.1) is 0 Å². The van der Waals surface area contributed by atoms with E-state index in [1.54, 1.807) is 0 Å². The predicted molar refractivity (Wildman–Crippen MR) is 120 cm³/mol. The minimum Gasteiger partial charge on any atom is -0.404 e. The number of rotatable bonds is 6. The normalized spacial score (nSPS) is 19.3. The van der Waals surface area contributed by atoms with Gasteiger partial charge in [0.1, 0.15) is 0 Å². The van der Waals surface area contributed by atoms with Gasteiger partial charge in [0.2, 0.25) is 5.91 Å². The Bertz CT molecular complexity index is 917. The third-order valence-corrected chi connectivity index (χ3v) is 6.92. The Hall–Kier alpha value is -2.63. The third kappa shape index (κ3) is 4.58. The molecular formula is C24H34N5O+. The number of benzene rings is 1. The summed E-state index contributed by atoms with van der Waals surface area (Å²) in [5.41, 5.74) is 9.50. The summed E-state index contributed by atoms with van der Waals surface area (Å²) in [4.78, 5) is 19.4. The Balaban J connectivity index is 1.33. The molecule has 0 bridgehead atoms.